The minimum absolute atomic E-state index is 0.0505. The number of sulfonamides is 1. The normalized spacial score (nSPS) is 11.7. The van der Waals surface area contributed by atoms with E-state index in [1.54, 1.807) is 11.8 Å². The number of benzene rings is 1. The Balaban J connectivity index is 2.43. The summed E-state index contributed by atoms with van der Waals surface area (Å²) in [5.41, 5.74) is 2.00. The van der Waals surface area contributed by atoms with Gasteiger partial charge in [0.05, 0.1) is 5.75 Å². The van der Waals surface area contributed by atoms with E-state index < -0.39 is 10.0 Å². The van der Waals surface area contributed by atoms with E-state index in [0.717, 1.165) is 37.2 Å². The lowest BCUT2D eigenvalue weighted by molar-refractivity contribution is 0.580. The lowest BCUT2D eigenvalue weighted by Crippen LogP contribution is -2.26. The molecule has 21 heavy (non-hydrogen) atoms. The van der Waals surface area contributed by atoms with Crippen LogP contribution < -0.4 is 10.0 Å². The van der Waals surface area contributed by atoms with E-state index in [1.807, 2.05) is 30.5 Å². The van der Waals surface area contributed by atoms with Gasteiger partial charge in [0.1, 0.15) is 0 Å². The van der Waals surface area contributed by atoms with Crippen molar-refractivity contribution < 1.29 is 8.42 Å². The van der Waals surface area contributed by atoms with Gasteiger partial charge in [0.15, 0.2) is 0 Å². The maximum absolute atomic E-state index is 11.9. The molecule has 1 rings (SSSR count). The fourth-order valence-electron chi connectivity index (χ4n) is 1.88. The van der Waals surface area contributed by atoms with E-state index in [2.05, 4.69) is 17.0 Å². The van der Waals surface area contributed by atoms with Crippen LogP contribution in [0.1, 0.15) is 30.9 Å². The smallest absolute Gasteiger partial charge is 0.215 e. The van der Waals surface area contributed by atoms with Crippen LogP contribution in [0.15, 0.2) is 24.3 Å². The Labute approximate surface area is 133 Å². The third-order valence-corrected chi connectivity index (χ3v) is 5.04. The monoisotopic (exact) mass is 330 g/mol. The van der Waals surface area contributed by atoms with Crippen LogP contribution in [0.4, 0.5) is 0 Å². The number of hydrogen-bond donors (Lipinski definition) is 2. The van der Waals surface area contributed by atoms with E-state index in [1.165, 1.54) is 5.56 Å². The molecule has 0 heterocycles. The molecule has 6 heteroatoms. The first-order valence-corrected chi connectivity index (χ1v) is 10.4. The molecule has 0 radical (unpaired) electrons. The van der Waals surface area contributed by atoms with Crippen molar-refractivity contribution in [1.29, 1.82) is 0 Å². The van der Waals surface area contributed by atoms with E-state index in [9.17, 15) is 8.42 Å². The number of hydrogen-bond acceptors (Lipinski definition) is 4. The van der Waals surface area contributed by atoms with Gasteiger partial charge in [0.2, 0.25) is 10.0 Å². The largest absolute Gasteiger partial charge is 0.313 e. The molecule has 120 valence electrons. The molecule has 0 aliphatic carbocycles. The zero-order valence-electron chi connectivity index (χ0n) is 12.9. The average Bonchev–Trinajstić information content (AvgIpc) is 2.45. The van der Waals surface area contributed by atoms with Crippen molar-refractivity contribution in [2.45, 2.75) is 32.1 Å². The quantitative estimate of drug-likeness (QED) is 0.612. The maximum atomic E-state index is 11.9. The van der Waals surface area contributed by atoms with E-state index >= 15 is 0 Å². The summed E-state index contributed by atoms with van der Waals surface area (Å²) in [6.45, 7) is 4.47. The number of thioether (sulfide) groups is 1. The molecule has 2 N–H and O–H groups in total. The Morgan fingerprint density at radius 1 is 1.10 bits per heavy atom. The Bertz CT molecular complexity index is 487. The molecule has 0 spiro atoms. The second kappa shape index (κ2) is 10.2. The van der Waals surface area contributed by atoms with Crippen molar-refractivity contribution in [2.75, 3.05) is 25.1 Å². The highest BCUT2D eigenvalue weighted by Crippen LogP contribution is 2.08. The van der Waals surface area contributed by atoms with Gasteiger partial charge < -0.3 is 5.32 Å². The van der Waals surface area contributed by atoms with E-state index in [4.69, 9.17) is 0 Å². The molecule has 4 nitrogen and oxygen atoms in total. The number of rotatable bonds is 11. The molecule has 1 aromatic carbocycles. The van der Waals surface area contributed by atoms with Gasteiger partial charge in [-0.25, -0.2) is 13.1 Å². The van der Waals surface area contributed by atoms with Gasteiger partial charge in [-0.1, -0.05) is 31.2 Å². The predicted octanol–water partition coefficient (Wildman–Crippen LogP) is 2.36. The van der Waals surface area contributed by atoms with Crippen LogP contribution in [-0.4, -0.2) is 33.5 Å². The summed E-state index contributed by atoms with van der Waals surface area (Å²) < 4.78 is 26.5. The molecule has 0 atom stereocenters. The molecule has 0 amide bonds. The van der Waals surface area contributed by atoms with Gasteiger partial charge in [0.25, 0.3) is 0 Å². The lowest BCUT2D eigenvalue weighted by Gasteiger charge is -2.08. The third kappa shape index (κ3) is 8.46. The Kier molecular flexibility index (Phi) is 8.99. The second-order valence-electron chi connectivity index (χ2n) is 4.99. The van der Waals surface area contributed by atoms with Gasteiger partial charge >= 0.3 is 0 Å². The molecule has 0 aliphatic heterocycles. The topological polar surface area (TPSA) is 58.2 Å². The fraction of sp³-hybridized carbons (Fsp3) is 0.600. The summed E-state index contributed by atoms with van der Waals surface area (Å²) in [6.07, 6.45) is 3.99. The van der Waals surface area contributed by atoms with Gasteiger partial charge in [0, 0.05) is 13.1 Å². The molecule has 0 aromatic heterocycles. The lowest BCUT2D eigenvalue weighted by atomic mass is 10.1. The van der Waals surface area contributed by atoms with Crippen molar-refractivity contribution in [3.63, 3.8) is 0 Å². The first-order chi connectivity index (χ1) is 10.1. The minimum Gasteiger partial charge on any atom is -0.313 e. The summed E-state index contributed by atoms with van der Waals surface area (Å²) in [6, 6.07) is 7.76. The third-order valence-electron chi connectivity index (χ3n) is 2.98. The predicted molar refractivity (Wildman–Crippen MR) is 92.1 cm³/mol. The summed E-state index contributed by atoms with van der Waals surface area (Å²) >= 11 is 1.73. The molecule has 0 bridgehead atoms. The molecule has 0 saturated carbocycles. The van der Waals surface area contributed by atoms with Crippen molar-refractivity contribution in [3.8, 4) is 0 Å². The van der Waals surface area contributed by atoms with Gasteiger partial charge in [-0.2, -0.15) is 11.8 Å². The summed E-state index contributed by atoms with van der Waals surface area (Å²) in [5, 5.41) is 3.33. The zero-order valence-corrected chi connectivity index (χ0v) is 14.5. The second-order valence-corrected chi connectivity index (χ2v) is 7.79. The maximum Gasteiger partial charge on any atom is 0.215 e. The van der Waals surface area contributed by atoms with E-state index in [-0.39, 0.29) is 5.75 Å². The molecule has 0 saturated heterocycles. The Morgan fingerprint density at radius 3 is 2.38 bits per heavy atom. The fourth-order valence-corrected chi connectivity index (χ4v) is 3.50. The highest BCUT2D eigenvalue weighted by molar-refractivity contribution is 7.98. The van der Waals surface area contributed by atoms with Crippen LogP contribution in [0, 0.1) is 0 Å². The first-order valence-electron chi connectivity index (χ1n) is 7.32. The van der Waals surface area contributed by atoms with Gasteiger partial charge in [-0.05, 0) is 42.5 Å². The van der Waals surface area contributed by atoms with Gasteiger partial charge in [-0.3, -0.25) is 0 Å². The van der Waals surface area contributed by atoms with Crippen LogP contribution in [0.2, 0.25) is 0 Å². The van der Waals surface area contributed by atoms with Crippen molar-refractivity contribution in [3.05, 3.63) is 35.4 Å². The van der Waals surface area contributed by atoms with Crippen LogP contribution in [-0.2, 0) is 22.3 Å². The summed E-state index contributed by atoms with van der Waals surface area (Å²) in [5.74, 6) is 1.02. The minimum atomic E-state index is -3.22. The molecule has 0 fully saturated rings. The standard InChI is InChI=1S/C15H26N2O2S2/c1-3-9-16-12-14-5-7-15(8-6-14)13-21(18,19)17-10-4-11-20-2/h5-8,16-17H,3-4,9-13H2,1-2H3. The Hall–Kier alpha value is -0.560. The summed E-state index contributed by atoms with van der Waals surface area (Å²) in [7, 11) is -3.22. The van der Waals surface area contributed by atoms with Crippen molar-refractivity contribution >= 4 is 21.8 Å². The molecular weight excluding hydrogens is 304 g/mol. The van der Waals surface area contributed by atoms with Gasteiger partial charge in [-0.15, -0.1) is 0 Å². The van der Waals surface area contributed by atoms with Crippen LogP contribution >= 0.6 is 11.8 Å². The van der Waals surface area contributed by atoms with Crippen LogP contribution in [0.5, 0.6) is 0 Å². The zero-order chi connectivity index (χ0) is 15.6. The first kappa shape index (κ1) is 18.5. The molecule has 0 aliphatic rings. The average molecular weight is 331 g/mol. The van der Waals surface area contributed by atoms with E-state index in [0.29, 0.717) is 6.54 Å². The Morgan fingerprint density at radius 2 is 1.76 bits per heavy atom. The van der Waals surface area contributed by atoms with Crippen LogP contribution in [0.3, 0.4) is 0 Å². The highest BCUT2D eigenvalue weighted by Gasteiger charge is 2.10. The molecular formula is C15H26N2O2S2. The number of nitrogens with one attached hydrogen (secondary N) is 2. The highest BCUT2D eigenvalue weighted by atomic mass is 32.2. The van der Waals surface area contributed by atoms with Crippen molar-refractivity contribution in [1.82, 2.24) is 10.0 Å². The van der Waals surface area contributed by atoms with Crippen molar-refractivity contribution in [2.24, 2.45) is 0 Å². The molecule has 0 unspecified atom stereocenters. The molecule has 1 aromatic rings. The van der Waals surface area contributed by atoms with Crippen LogP contribution in [0.25, 0.3) is 0 Å². The summed E-state index contributed by atoms with van der Waals surface area (Å²) in [4.78, 5) is 0. The SMILES string of the molecule is CCCNCc1ccc(CS(=O)(=O)NCCCSC)cc1.